The Morgan fingerprint density at radius 1 is 1.29 bits per heavy atom. The van der Waals surface area contributed by atoms with Crippen molar-refractivity contribution in [2.45, 2.75) is 44.6 Å². The fourth-order valence-corrected chi connectivity index (χ4v) is 2.38. The van der Waals surface area contributed by atoms with E-state index in [1.165, 1.54) is 25.6 Å². The van der Waals surface area contributed by atoms with Crippen molar-refractivity contribution < 1.29 is 4.74 Å². The van der Waals surface area contributed by atoms with E-state index < -0.39 is 0 Å². The third-order valence-corrected chi connectivity index (χ3v) is 3.42. The zero-order valence-corrected chi connectivity index (χ0v) is 10.5. The van der Waals surface area contributed by atoms with Crippen LogP contribution in [0.25, 0.3) is 0 Å². The summed E-state index contributed by atoms with van der Waals surface area (Å²) < 4.78 is 5.09. The Kier molecular flexibility index (Phi) is 3.36. The van der Waals surface area contributed by atoms with E-state index in [9.17, 15) is 0 Å². The van der Waals surface area contributed by atoms with E-state index in [4.69, 9.17) is 10.5 Å². The highest BCUT2D eigenvalue weighted by Crippen LogP contribution is 2.33. The molecule has 0 unspecified atom stereocenters. The van der Waals surface area contributed by atoms with Gasteiger partial charge in [-0.05, 0) is 19.8 Å². The van der Waals surface area contributed by atoms with E-state index in [1.54, 1.807) is 7.11 Å². The Balaban J connectivity index is 2.17. The minimum absolute atomic E-state index is 0.0890. The van der Waals surface area contributed by atoms with Crippen molar-refractivity contribution in [3.8, 4) is 5.88 Å². The molecular weight excluding hydrogens is 216 g/mol. The van der Waals surface area contributed by atoms with Gasteiger partial charge in [-0.2, -0.15) is 4.98 Å². The van der Waals surface area contributed by atoms with E-state index in [0.29, 0.717) is 17.4 Å². The lowest BCUT2D eigenvalue weighted by Gasteiger charge is -2.35. The molecule has 0 aliphatic heterocycles. The molecule has 0 radical (unpaired) electrons. The fourth-order valence-electron chi connectivity index (χ4n) is 2.38. The standard InChI is InChI=1S/C12H20N4O/c1-12(6-4-3-5-7-12)16-10-9(13)11(17-2)15-8-14-10/h8H,3-7,13H2,1-2H3,(H,14,15,16). The molecule has 5 heteroatoms. The molecule has 1 fully saturated rings. The number of ether oxygens (including phenoxy) is 1. The van der Waals surface area contributed by atoms with Gasteiger partial charge in [0.1, 0.15) is 12.0 Å². The molecule has 94 valence electrons. The maximum atomic E-state index is 5.96. The van der Waals surface area contributed by atoms with Gasteiger partial charge in [0.05, 0.1) is 7.11 Å². The molecule has 0 saturated heterocycles. The lowest BCUT2D eigenvalue weighted by Crippen LogP contribution is -2.37. The van der Waals surface area contributed by atoms with Crippen LogP contribution in [0.4, 0.5) is 11.5 Å². The van der Waals surface area contributed by atoms with Gasteiger partial charge in [0, 0.05) is 5.54 Å². The van der Waals surface area contributed by atoms with Crippen LogP contribution in [0.3, 0.4) is 0 Å². The summed E-state index contributed by atoms with van der Waals surface area (Å²) in [6.07, 6.45) is 7.61. The van der Waals surface area contributed by atoms with Crippen molar-refractivity contribution in [2.75, 3.05) is 18.2 Å². The third-order valence-electron chi connectivity index (χ3n) is 3.42. The highest BCUT2D eigenvalue weighted by atomic mass is 16.5. The van der Waals surface area contributed by atoms with Gasteiger partial charge in [-0.15, -0.1) is 0 Å². The summed E-state index contributed by atoms with van der Waals surface area (Å²) >= 11 is 0. The SMILES string of the molecule is COc1ncnc(NC2(C)CCCCC2)c1N. The molecule has 1 aromatic rings. The number of anilines is 2. The molecular formula is C12H20N4O. The Bertz CT molecular complexity index is 388. The van der Waals surface area contributed by atoms with E-state index in [0.717, 1.165) is 12.8 Å². The van der Waals surface area contributed by atoms with E-state index >= 15 is 0 Å². The number of rotatable bonds is 3. The first-order valence-electron chi connectivity index (χ1n) is 6.07. The monoisotopic (exact) mass is 236 g/mol. The van der Waals surface area contributed by atoms with Gasteiger partial charge in [0.25, 0.3) is 0 Å². The number of hydrogen-bond donors (Lipinski definition) is 2. The number of methoxy groups -OCH3 is 1. The second-order valence-electron chi connectivity index (χ2n) is 4.89. The van der Waals surface area contributed by atoms with Crippen molar-refractivity contribution in [1.82, 2.24) is 9.97 Å². The predicted octanol–water partition coefficient (Wildman–Crippen LogP) is 2.20. The number of nitrogens with one attached hydrogen (secondary N) is 1. The van der Waals surface area contributed by atoms with Gasteiger partial charge in [-0.3, -0.25) is 0 Å². The summed E-state index contributed by atoms with van der Waals surface area (Å²) in [4.78, 5) is 8.17. The van der Waals surface area contributed by atoms with Crippen molar-refractivity contribution in [2.24, 2.45) is 0 Å². The van der Waals surface area contributed by atoms with Gasteiger partial charge >= 0.3 is 0 Å². The van der Waals surface area contributed by atoms with Crippen LogP contribution in [0.2, 0.25) is 0 Å². The van der Waals surface area contributed by atoms with E-state index in [-0.39, 0.29) is 5.54 Å². The summed E-state index contributed by atoms with van der Waals surface area (Å²) in [6.45, 7) is 2.22. The molecule has 1 aliphatic rings. The number of nitrogens with zero attached hydrogens (tertiary/aromatic N) is 2. The number of hydrogen-bond acceptors (Lipinski definition) is 5. The van der Waals surface area contributed by atoms with E-state index in [1.807, 2.05) is 0 Å². The van der Waals surface area contributed by atoms with Crippen molar-refractivity contribution in [1.29, 1.82) is 0 Å². The summed E-state index contributed by atoms with van der Waals surface area (Å²) in [5, 5.41) is 3.44. The zero-order valence-electron chi connectivity index (χ0n) is 10.5. The van der Waals surface area contributed by atoms with Crippen LogP contribution in [-0.2, 0) is 0 Å². The fraction of sp³-hybridized carbons (Fsp3) is 0.667. The molecule has 0 aromatic carbocycles. The average Bonchev–Trinajstić information content (AvgIpc) is 2.32. The molecule has 1 aliphatic carbocycles. The van der Waals surface area contributed by atoms with Crippen LogP contribution < -0.4 is 15.8 Å². The quantitative estimate of drug-likeness (QED) is 0.841. The average molecular weight is 236 g/mol. The summed E-state index contributed by atoms with van der Waals surface area (Å²) in [7, 11) is 1.56. The Labute approximate surface area is 102 Å². The lowest BCUT2D eigenvalue weighted by atomic mass is 9.83. The topological polar surface area (TPSA) is 73.1 Å². The molecule has 1 heterocycles. The maximum Gasteiger partial charge on any atom is 0.242 e. The first-order valence-corrected chi connectivity index (χ1v) is 6.07. The molecule has 17 heavy (non-hydrogen) atoms. The summed E-state index contributed by atoms with van der Waals surface area (Å²) in [5.41, 5.74) is 6.53. The molecule has 1 saturated carbocycles. The maximum absolute atomic E-state index is 5.96. The molecule has 0 bridgehead atoms. The minimum Gasteiger partial charge on any atom is -0.479 e. The second kappa shape index (κ2) is 4.77. The van der Waals surface area contributed by atoms with Gasteiger partial charge in [0.15, 0.2) is 5.82 Å². The largest absolute Gasteiger partial charge is 0.479 e. The minimum atomic E-state index is 0.0890. The number of aromatic nitrogens is 2. The predicted molar refractivity (Wildman–Crippen MR) is 68.1 cm³/mol. The molecule has 0 amide bonds. The number of nitrogens with two attached hydrogens (primary N) is 1. The molecule has 1 aromatic heterocycles. The van der Waals surface area contributed by atoms with Crippen LogP contribution in [0.15, 0.2) is 6.33 Å². The van der Waals surface area contributed by atoms with Crippen LogP contribution in [-0.4, -0.2) is 22.6 Å². The first kappa shape index (κ1) is 12.0. The Hall–Kier alpha value is -1.52. The summed E-state index contributed by atoms with van der Waals surface area (Å²) in [6, 6.07) is 0. The Morgan fingerprint density at radius 3 is 2.65 bits per heavy atom. The Morgan fingerprint density at radius 2 is 2.00 bits per heavy atom. The third kappa shape index (κ3) is 2.60. The molecule has 3 N–H and O–H groups in total. The van der Waals surface area contributed by atoms with Crippen molar-refractivity contribution in [3.63, 3.8) is 0 Å². The van der Waals surface area contributed by atoms with Gasteiger partial charge < -0.3 is 15.8 Å². The van der Waals surface area contributed by atoms with Crippen LogP contribution in [0.1, 0.15) is 39.0 Å². The molecule has 2 rings (SSSR count). The highest BCUT2D eigenvalue weighted by Gasteiger charge is 2.27. The lowest BCUT2D eigenvalue weighted by molar-refractivity contribution is 0.348. The van der Waals surface area contributed by atoms with Gasteiger partial charge in [-0.1, -0.05) is 19.3 Å². The first-order chi connectivity index (χ1) is 8.14. The normalized spacial score (nSPS) is 18.7. The van der Waals surface area contributed by atoms with E-state index in [2.05, 4.69) is 22.2 Å². The van der Waals surface area contributed by atoms with Crippen molar-refractivity contribution in [3.05, 3.63) is 6.33 Å². The smallest absolute Gasteiger partial charge is 0.242 e. The second-order valence-corrected chi connectivity index (χ2v) is 4.89. The molecule has 0 atom stereocenters. The molecule has 0 spiro atoms. The van der Waals surface area contributed by atoms with Gasteiger partial charge in [0.2, 0.25) is 5.88 Å². The van der Waals surface area contributed by atoms with Crippen LogP contribution in [0.5, 0.6) is 5.88 Å². The van der Waals surface area contributed by atoms with Crippen LogP contribution in [0, 0.1) is 0 Å². The van der Waals surface area contributed by atoms with Crippen LogP contribution >= 0.6 is 0 Å². The zero-order chi connectivity index (χ0) is 12.3. The molecule has 5 nitrogen and oxygen atoms in total. The highest BCUT2D eigenvalue weighted by molar-refractivity contribution is 5.67. The van der Waals surface area contributed by atoms with Crippen molar-refractivity contribution >= 4 is 11.5 Å². The summed E-state index contributed by atoms with van der Waals surface area (Å²) in [5.74, 6) is 1.11. The van der Waals surface area contributed by atoms with Gasteiger partial charge in [-0.25, -0.2) is 4.98 Å². The number of nitrogen functional groups attached to an aromatic ring is 1.